The minimum atomic E-state index is -0.859. The molecule has 7 heteroatoms. The lowest BCUT2D eigenvalue weighted by molar-refractivity contribution is -0.143. The molecule has 1 aliphatic rings. The molecule has 1 aromatic carbocycles. The van der Waals surface area contributed by atoms with E-state index in [9.17, 15) is 14.7 Å². The van der Waals surface area contributed by atoms with Crippen molar-refractivity contribution >= 4 is 23.5 Å². The molecule has 25 heavy (non-hydrogen) atoms. The van der Waals surface area contributed by atoms with Crippen molar-refractivity contribution in [1.82, 2.24) is 14.7 Å². The number of carbonyl (C=O) groups excluding carboxylic acids is 1. The van der Waals surface area contributed by atoms with Crippen molar-refractivity contribution in [1.29, 1.82) is 0 Å². The van der Waals surface area contributed by atoms with Crippen LogP contribution >= 0.6 is 11.6 Å². The number of para-hydroxylation sites is 1. The number of likely N-dealkylation sites (tertiary alicyclic amines) is 1. The lowest BCUT2D eigenvalue weighted by Crippen LogP contribution is -2.45. The van der Waals surface area contributed by atoms with Gasteiger partial charge in [0.1, 0.15) is 0 Å². The van der Waals surface area contributed by atoms with E-state index in [1.165, 1.54) is 0 Å². The first-order chi connectivity index (χ1) is 11.9. The summed E-state index contributed by atoms with van der Waals surface area (Å²) in [6, 6.07) is 9.00. The van der Waals surface area contributed by atoms with Crippen LogP contribution in [0.1, 0.15) is 29.5 Å². The van der Waals surface area contributed by atoms with Crippen molar-refractivity contribution < 1.29 is 14.7 Å². The van der Waals surface area contributed by atoms with Gasteiger partial charge >= 0.3 is 5.97 Å². The molecule has 0 radical (unpaired) electrons. The molecule has 2 heterocycles. The van der Waals surface area contributed by atoms with E-state index in [4.69, 9.17) is 11.6 Å². The topological polar surface area (TPSA) is 75.4 Å². The highest BCUT2D eigenvalue weighted by molar-refractivity contribution is 6.32. The number of carboxylic acid groups (broad SMARTS) is 1. The molecule has 1 N–H and O–H groups in total. The molecule has 132 valence electrons. The average Bonchev–Trinajstić information content (AvgIpc) is 2.95. The van der Waals surface area contributed by atoms with Crippen LogP contribution in [0.4, 0.5) is 0 Å². The van der Waals surface area contributed by atoms with Gasteiger partial charge in [-0.15, -0.1) is 0 Å². The first-order valence-corrected chi connectivity index (χ1v) is 8.58. The number of amides is 1. The number of carboxylic acids is 1. The molecule has 1 amide bonds. The smallest absolute Gasteiger partial charge is 0.308 e. The zero-order valence-electron chi connectivity index (χ0n) is 14.1. The molecule has 0 bridgehead atoms. The fourth-order valence-corrected chi connectivity index (χ4v) is 3.52. The normalized spacial score (nSPS) is 20.5. The van der Waals surface area contributed by atoms with Gasteiger partial charge in [-0.3, -0.25) is 9.59 Å². The Hall–Kier alpha value is -2.34. The van der Waals surface area contributed by atoms with Gasteiger partial charge in [0.15, 0.2) is 5.69 Å². The van der Waals surface area contributed by atoms with Crippen molar-refractivity contribution in [3.05, 3.63) is 46.7 Å². The number of aromatic nitrogens is 2. The standard InChI is InChI=1S/C18H20ClN3O3/c1-11-7-13(18(24)25)10-21(9-11)17(23)15-8-12(2)22(20-15)16-6-4-3-5-14(16)19/h3-6,8,11,13H,7,9-10H2,1-2H3,(H,24,25). The first kappa shape index (κ1) is 17.5. The van der Waals surface area contributed by atoms with Gasteiger partial charge in [-0.25, -0.2) is 4.68 Å². The van der Waals surface area contributed by atoms with Crippen LogP contribution in [0.2, 0.25) is 5.02 Å². The number of hydrogen-bond donors (Lipinski definition) is 1. The molecule has 3 rings (SSSR count). The summed E-state index contributed by atoms with van der Waals surface area (Å²) in [6.07, 6.45) is 0.589. The number of rotatable bonds is 3. The Morgan fingerprint density at radius 2 is 2.00 bits per heavy atom. The van der Waals surface area contributed by atoms with Gasteiger partial charge in [0.05, 0.1) is 16.6 Å². The zero-order valence-corrected chi connectivity index (χ0v) is 14.9. The number of aliphatic carboxylic acids is 1. The third-order valence-electron chi connectivity index (χ3n) is 4.48. The van der Waals surface area contributed by atoms with Gasteiger partial charge in [0, 0.05) is 18.8 Å². The van der Waals surface area contributed by atoms with Gasteiger partial charge in [-0.05, 0) is 37.5 Å². The summed E-state index contributed by atoms with van der Waals surface area (Å²) in [5.74, 6) is -1.49. The largest absolute Gasteiger partial charge is 0.481 e. The van der Waals surface area contributed by atoms with Crippen molar-refractivity contribution in [2.45, 2.75) is 20.3 Å². The maximum atomic E-state index is 12.8. The summed E-state index contributed by atoms with van der Waals surface area (Å²) in [7, 11) is 0. The Morgan fingerprint density at radius 3 is 2.68 bits per heavy atom. The van der Waals surface area contributed by atoms with Crippen LogP contribution in [0.15, 0.2) is 30.3 Å². The molecular weight excluding hydrogens is 342 g/mol. The Balaban J connectivity index is 1.87. The van der Waals surface area contributed by atoms with E-state index in [2.05, 4.69) is 5.10 Å². The number of halogens is 1. The van der Waals surface area contributed by atoms with Gasteiger partial charge in [0.25, 0.3) is 5.91 Å². The van der Waals surface area contributed by atoms with Crippen LogP contribution in [-0.4, -0.2) is 44.8 Å². The number of benzene rings is 1. The van der Waals surface area contributed by atoms with Crippen LogP contribution in [-0.2, 0) is 4.79 Å². The number of carbonyl (C=O) groups is 2. The minimum Gasteiger partial charge on any atom is -0.481 e. The van der Waals surface area contributed by atoms with E-state index in [1.54, 1.807) is 21.7 Å². The molecule has 0 aliphatic carbocycles. The highest BCUT2D eigenvalue weighted by Crippen LogP contribution is 2.25. The number of nitrogens with zero attached hydrogens (tertiary/aromatic N) is 3. The second-order valence-electron chi connectivity index (χ2n) is 6.62. The number of piperidine rings is 1. The molecule has 6 nitrogen and oxygen atoms in total. The summed E-state index contributed by atoms with van der Waals surface area (Å²) in [5, 5.41) is 14.2. The van der Waals surface area contributed by atoms with E-state index in [-0.39, 0.29) is 18.4 Å². The van der Waals surface area contributed by atoms with Crippen molar-refractivity contribution in [2.24, 2.45) is 11.8 Å². The second-order valence-corrected chi connectivity index (χ2v) is 7.03. The molecule has 0 saturated carbocycles. The highest BCUT2D eigenvalue weighted by Gasteiger charge is 2.33. The van der Waals surface area contributed by atoms with Crippen LogP contribution < -0.4 is 0 Å². The SMILES string of the molecule is Cc1cc(C(=O)N2CC(C)CC(C(=O)O)C2)nn1-c1ccccc1Cl. The average molecular weight is 362 g/mol. The maximum absolute atomic E-state index is 12.8. The lowest BCUT2D eigenvalue weighted by atomic mass is 9.90. The predicted molar refractivity (Wildman–Crippen MR) is 94.1 cm³/mol. The highest BCUT2D eigenvalue weighted by atomic mass is 35.5. The van der Waals surface area contributed by atoms with E-state index >= 15 is 0 Å². The Bertz CT molecular complexity index is 818. The van der Waals surface area contributed by atoms with E-state index < -0.39 is 11.9 Å². The van der Waals surface area contributed by atoms with Gasteiger partial charge < -0.3 is 10.0 Å². The number of aryl methyl sites for hydroxylation is 1. The molecule has 1 fully saturated rings. The summed E-state index contributed by atoms with van der Waals surface area (Å²) in [4.78, 5) is 25.7. The summed E-state index contributed by atoms with van der Waals surface area (Å²) in [6.45, 7) is 4.58. The summed E-state index contributed by atoms with van der Waals surface area (Å²) < 4.78 is 1.64. The molecule has 1 aromatic heterocycles. The lowest BCUT2D eigenvalue weighted by Gasteiger charge is -2.34. The van der Waals surface area contributed by atoms with Gasteiger partial charge in [-0.2, -0.15) is 5.10 Å². The molecule has 2 unspecified atom stereocenters. The summed E-state index contributed by atoms with van der Waals surface area (Å²) in [5.41, 5.74) is 1.79. The minimum absolute atomic E-state index is 0.144. The monoisotopic (exact) mass is 361 g/mol. The third-order valence-corrected chi connectivity index (χ3v) is 4.80. The maximum Gasteiger partial charge on any atom is 0.308 e. The van der Waals surface area contributed by atoms with E-state index in [0.29, 0.717) is 29.4 Å². The van der Waals surface area contributed by atoms with Crippen LogP contribution in [0.5, 0.6) is 0 Å². The molecular formula is C18H20ClN3O3. The Morgan fingerprint density at radius 1 is 1.28 bits per heavy atom. The first-order valence-electron chi connectivity index (χ1n) is 8.20. The second kappa shape index (κ2) is 6.88. The van der Waals surface area contributed by atoms with Gasteiger partial charge in [-0.1, -0.05) is 30.7 Å². The fourth-order valence-electron chi connectivity index (χ4n) is 3.30. The van der Waals surface area contributed by atoms with E-state index in [0.717, 1.165) is 5.69 Å². The third kappa shape index (κ3) is 3.54. The molecule has 1 saturated heterocycles. The fraction of sp³-hybridized carbons (Fsp3) is 0.389. The molecule has 0 spiro atoms. The van der Waals surface area contributed by atoms with Crippen molar-refractivity contribution in [2.75, 3.05) is 13.1 Å². The van der Waals surface area contributed by atoms with Crippen LogP contribution in [0, 0.1) is 18.8 Å². The number of hydrogen-bond acceptors (Lipinski definition) is 3. The predicted octanol–water partition coefficient (Wildman–Crippen LogP) is 3.02. The summed E-state index contributed by atoms with van der Waals surface area (Å²) >= 11 is 6.22. The van der Waals surface area contributed by atoms with Gasteiger partial charge in [0.2, 0.25) is 0 Å². The van der Waals surface area contributed by atoms with Crippen molar-refractivity contribution in [3.63, 3.8) is 0 Å². The van der Waals surface area contributed by atoms with E-state index in [1.807, 2.05) is 32.0 Å². The Labute approximate surface area is 151 Å². The molecule has 2 atom stereocenters. The molecule has 2 aromatic rings. The quantitative estimate of drug-likeness (QED) is 0.911. The van der Waals surface area contributed by atoms with Crippen molar-refractivity contribution in [3.8, 4) is 5.69 Å². The van der Waals surface area contributed by atoms with Crippen LogP contribution in [0.25, 0.3) is 5.69 Å². The zero-order chi connectivity index (χ0) is 18.1. The Kier molecular flexibility index (Phi) is 4.81. The molecule has 1 aliphatic heterocycles. The van der Waals surface area contributed by atoms with Crippen LogP contribution in [0.3, 0.4) is 0 Å².